The van der Waals surface area contributed by atoms with Gasteiger partial charge in [-0.1, -0.05) is 12.8 Å². The van der Waals surface area contributed by atoms with Gasteiger partial charge >= 0.3 is 0 Å². The Morgan fingerprint density at radius 1 is 1.06 bits per heavy atom. The molecule has 4 rings (SSSR count). The number of carbonyl (C=O) groups excluding carboxylic acids is 1. The number of amides is 1. The zero-order valence-electron chi connectivity index (χ0n) is 20.0. The van der Waals surface area contributed by atoms with Crippen LogP contribution >= 0.6 is 12.2 Å². The first-order chi connectivity index (χ1) is 16.6. The van der Waals surface area contributed by atoms with Crippen LogP contribution in [0.3, 0.4) is 0 Å². The number of aromatic amines is 2. The van der Waals surface area contributed by atoms with Crippen molar-refractivity contribution in [3.8, 4) is 5.75 Å². The van der Waals surface area contributed by atoms with Crippen molar-refractivity contribution < 1.29 is 9.53 Å². The van der Waals surface area contributed by atoms with Crippen molar-refractivity contribution in [2.45, 2.75) is 57.9 Å². The second-order valence-corrected chi connectivity index (χ2v) is 9.48. The summed E-state index contributed by atoms with van der Waals surface area (Å²) in [5, 5.41) is 3.90. The first-order valence-electron chi connectivity index (χ1n) is 12.4. The molecule has 1 saturated heterocycles. The van der Waals surface area contributed by atoms with E-state index in [-0.39, 0.29) is 11.5 Å². The van der Waals surface area contributed by atoms with E-state index in [9.17, 15) is 9.59 Å². The number of carbonyl (C=O) groups is 1. The number of nitrogens with one attached hydrogen (secondary N) is 3. The number of H-pyrrole nitrogens is 2. The average Bonchev–Trinajstić information content (AvgIpc) is 3.00. The quantitative estimate of drug-likeness (QED) is 0.297. The van der Waals surface area contributed by atoms with Crippen molar-refractivity contribution in [3.63, 3.8) is 0 Å². The van der Waals surface area contributed by atoms with Gasteiger partial charge in [0.15, 0.2) is 4.77 Å². The van der Waals surface area contributed by atoms with Crippen molar-refractivity contribution in [2.75, 3.05) is 33.3 Å². The average molecular weight is 486 g/mol. The Kier molecular flexibility index (Phi) is 8.39. The fourth-order valence-electron chi connectivity index (χ4n) is 4.73. The number of benzene rings is 1. The number of ether oxygens (including phenoxy) is 1. The minimum Gasteiger partial charge on any atom is -0.497 e. The van der Waals surface area contributed by atoms with Crippen LogP contribution in [0.15, 0.2) is 23.0 Å². The minimum atomic E-state index is -0.146. The number of likely N-dealkylation sites (tertiary alicyclic amines) is 1. The topological polar surface area (TPSA) is 95.2 Å². The number of methoxy groups -OCH3 is 1. The van der Waals surface area contributed by atoms with Crippen molar-refractivity contribution in [1.82, 2.24) is 24.8 Å². The molecule has 8 nitrogen and oxygen atoms in total. The number of hydrogen-bond acceptors (Lipinski definition) is 5. The third-order valence-electron chi connectivity index (χ3n) is 6.65. The molecule has 1 fully saturated rings. The highest BCUT2D eigenvalue weighted by Gasteiger charge is 2.13. The Morgan fingerprint density at radius 3 is 2.62 bits per heavy atom. The molecule has 0 atom stereocenters. The first-order valence-corrected chi connectivity index (χ1v) is 12.8. The third-order valence-corrected chi connectivity index (χ3v) is 6.97. The van der Waals surface area contributed by atoms with Crippen molar-refractivity contribution in [1.29, 1.82) is 0 Å². The van der Waals surface area contributed by atoms with Gasteiger partial charge in [-0.2, -0.15) is 0 Å². The van der Waals surface area contributed by atoms with Gasteiger partial charge in [-0.15, -0.1) is 0 Å². The third kappa shape index (κ3) is 5.88. The Bertz CT molecular complexity index is 1240. The molecule has 3 aromatic rings. The highest BCUT2D eigenvalue weighted by molar-refractivity contribution is 7.71. The van der Waals surface area contributed by atoms with E-state index in [1.54, 1.807) is 11.7 Å². The predicted octanol–water partition coefficient (Wildman–Crippen LogP) is 4.10. The lowest BCUT2D eigenvalue weighted by Gasteiger charge is -2.19. The van der Waals surface area contributed by atoms with Crippen molar-refractivity contribution in [3.05, 3.63) is 33.3 Å². The summed E-state index contributed by atoms with van der Waals surface area (Å²) in [5.74, 6) is 0.797. The molecule has 0 saturated carbocycles. The molecular formula is C25H35N5O3S. The molecule has 1 aliphatic rings. The normalized spacial score (nSPS) is 15.0. The van der Waals surface area contributed by atoms with E-state index in [1.807, 2.05) is 18.2 Å². The lowest BCUT2D eigenvalue weighted by atomic mass is 10.2. The van der Waals surface area contributed by atoms with Gasteiger partial charge in [-0.25, -0.2) is 0 Å². The molecule has 3 heterocycles. The Balaban J connectivity index is 1.25. The second kappa shape index (κ2) is 11.7. The van der Waals surface area contributed by atoms with Crippen LogP contribution < -0.4 is 15.6 Å². The van der Waals surface area contributed by atoms with Crippen LogP contribution in [0.1, 0.15) is 51.4 Å². The summed E-state index contributed by atoms with van der Waals surface area (Å²) in [4.78, 5) is 34.2. The van der Waals surface area contributed by atoms with Crippen LogP contribution in [0, 0.1) is 4.77 Å². The largest absolute Gasteiger partial charge is 0.497 e. The second-order valence-electron chi connectivity index (χ2n) is 9.09. The molecule has 1 amide bonds. The fourth-order valence-corrected chi connectivity index (χ4v) is 5.00. The lowest BCUT2D eigenvalue weighted by molar-refractivity contribution is -0.121. The van der Waals surface area contributed by atoms with Gasteiger partial charge in [0, 0.05) is 30.4 Å². The van der Waals surface area contributed by atoms with Gasteiger partial charge in [-0.3, -0.25) is 14.2 Å². The van der Waals surface area contributed by atoms with Crippen molar-refractivity contribution >= 4 is 40.1 Å². The van der Waals surface area contributed by atoms with Gasteiger partial charge in [-0.05, 0) is 82.2 Å². The van der Waals surface area contributed by atoms with Crippen LogP contribution in [-0.4, -0.2) is 58.6 Å². The Morgan fingerprint density at radius 2 is 1.85 bits per heavy atom. The molecule has 2 aromatic heterocycles. The van der Waals surface area contributed by atoms with E-state index in [2.05, 4.69) is 20.2 Å². The first kappa shape index (κ1) is 24.5. The number of rotatable bonds is 10. The molecule has 34 heavy (non-hydrogen) atoms. The molecular weight excluding hydrogens is 450 g/mol. The summed E-state index contributed by atoms with van der Waals surface area (Å²) in [6, 6.07) is 5.63. The van der Waals surface area contributed by atoms with Crippen LogP contribution in [0.5, 0.6) is 5.75 Å². The molecule has 1 aliphatic heterocycles. The maximum atomic E-state index is 13.1. The molecule has 9 heteroatoms. The van der Waals surface area contributed by atoms with Crippen LogP contribution in [0.4, 0.5) is 0 Å². The predicted molar refractivity (Wildman–Crippen MR) is 138 cm³/mol. The molecule has 1 aromatic carbocycles. The van der Waals surface area contributed by atoms with Crippen LogP contribution in [-0.2, 0) is 11.3 Å². The maximum absolute atomic E-state index is 13.1. The Labute approximate surface area is 204 Å². The van der Waals surface area contributed by atoms with Gasteiger partial charge in [0.2, 0.25) is 5.91 Å². The monoisotopic (exact) mass is 485 g/mol. The number of fused-ring (bicyclic) bond motifs is 3. The van der Waals surface area contributed by atoms with Crippen LogP contribution in [0.25, 0.3) is 21.9 Å². The van der Waals surface area contributed by atoms with E-state index >= 15 is 0 Å². The molecule has 0 unspecified atom stereocenters. The summed E-state index contributed by atoms with van der Waals surface area (Å²) in [5.41, 5.74) is 1.90. The highest BCUT2D eigenvalue weighted by atomic mass is 32.1. The van der Waals surface area contributed by atoms with E-state index in [4.69, 9.17) is 17.0 Å². The zero-order valence-corrected chi connectivity index (χ0v) is 20.8. The number of aromatic nitrogens is 3. The Hall–Kier alpha value is -2.65. The van der Waals surface area contributed by atoms with Gasteiger partial charge in [0.05, 0.1) is 12.6 Å². The van der Waals surface area contributed by atoms with E-state index in [0.29, 0.717) is 41.6 Å². The summed E-state index contributed by atoms with van der Waals surface area (Å²) in [6.07, 6.45) is 8.14. The SMILES string of the molecule is COc1ccc2[nH]c3c(=O)n(CCCCC(=O)NCCCN4CCCCCC4)c(=S)[nH]c3c2c1. The number of hydrogen-bond donors (Lipinski definition) is 3. The highest BCUT2D eigenvalue weighted by Crippen LogP contribution is 2.25. The van der Waals surface area contributed by atoms with Gasteiger partial charge in [0.25, 0.3) is 5.56 Å². The summed E-state index contributed by atoms with van der Waals surface area (Å²) < 4.78 is 7.26. The van der Waals surface area contributed by atoms with Gasteiger partial charge in [0.1, 0.15) is 11.3 Å². The number of nitrogens with zero attached hydrogens (tertiary/aromatic N) is 2. The molecule has 0 spiro atoms. The molecule has 184 valence electrons. The maximum Gasteiger partial charge on any atom is 0.278 e. The molecule has 0 bridgehead atoms. The zero-order chi connectivity index (χ0) is 23.9. The lowest BCUT2D eigenvalue weighted by Crippen LogP contribution is -2.30. The number of unbranched alkanes of at least 4 members (excludes halogenated alkanes) is 1. The van der Waals surface area contributed by atoms with Gasteiger partial charge < -0.3 is 24.9 Å². The summed E-state index contributed by atoms with van der Waals surface area (Å²) in [7, 11) is 1.61. The standard InChI is InChI=1S/C25H35N5O3S/c1-33-18-10-11-20-19(17-18)22-23(27-20)24(32)30(25(34)28-22)16-7-4-9-21(31)26-12-8-15-29-13-5-2-3-6-14-29/h10-11,17,27H,2-9,12-16H2,1H3,(H,26,31)(H,28,34). The summed E-state index contributed by atoms with van der Waals surface area (Å²) in [6.45, 7) is 4.64. The molecule has 0 radical (unpaired) electrons. The fraction of sp³-hybridized carbons (Fsp3) is 0.560. The van der Waals surface area contributed by atoms with E-state index in [1.165, 1.54) is 38.8 Å². The van der Waals surface area contributed by atoms with E-state index in [0.717, 1.165) is 36.2 Å². The molecule has 3 N–H and O–H groups in total. The van der Waals surface area contributed by atoms with Crippen molar-refractivity contribution in [2.24, 2.45) is 0 Å². The summed E-state index contributed by atoms with van der Waals surface area (Å²) >= 11 is 5.47. The van der Waals surface area contributed by atoms with E-state index < -0.39 is 0 Å². The van der Waals surface area contributed by atoms with Crippen LogP contribution in [0.2, 0.25) is 0 Å². The minimum absolute atomic E-state index is 0.0772. The molecule has 0 aliphatic carbocycles. The smallest absolute Gasteiger partial charge is 0.278 e.